The third kappa shape index (κ3) is 3.58. The normalized spacial score (nSPS) is 24.6. The van der Waals surface area contributed by atoms with Crippen LogP contribution in [0.1, 0.15) is 73.7 Å². The van der Waals surface area contributed by atoms with Crippen molar-refractivity contribution >= 4 is 11.8 Å². The number of nitrogens with zero attached hydrogens (tertiary/aromatic N) is 2. The number of likely N-dealkylation sites (tertiary alicyclic amines) is 1. The van der Waals surface area contributed by atoms with Gasteiger partial charge in [0.15, 0.2) is 0 Å². The summed E-state index contributed by atoms with van der Waals surface area (Å²) in [5.74, 6) is 0.708. The number of piperidine rings is 1. The Kier molecular flexibility index (Phi) is 5.95. The minimum absolute atomic E-state index is 0.0656. The number of rotatable bonds is 4. The van der Waals surface area contributed by atoms with E-state index < -0.39 is 5.54 Å². The maximum absolute atomic E-state index is 14.0. The first kappa shape index (κ1) is 20.4. The third-order valence-corrected chi connectivity index (χ3v) is 7.40. The predicted molar refractivity (Wildman–Crippen MR) is 113 cm³/mol. The number of hydrogen-bond donors (Lipinski definition) is 0. The van der Waals surface area contributed by atoms with Gasteiger partial charge in [0.2, 0.25) is 5.91 Å². The molecule has 0 aromatic heterocycles. The molecule has 2 fully saturated rings. The molecule has 2 heterocycles. The minimum atomic E-state index is -0.414. The van der Waals surface area contributed by atoms with E-state index in [1.54, 1.807) is 7.11 Å². The van der Waals surface area contributed by atoms with Crippen LogP contribution < -0.4 is 0 Å². The molecule has 3 aliphatic rings. The van der Waals surface area contributed by atoms with Crippen molar-refractivity contribution in [2.45, 2.75) is 63.3 Å². The summed E-state index contributed by atoms with van der Waals surface area (Å²) >= 11 is 0. The monoisotopic (exact) mass is 398 g/mol. The van der Waals surface area contributed by atoms with Crippen molar-refractivity contribution in [3.63, 3.8) is 0 Å². The molecule has 0 bridgehead atoms. The number of fused-ring (bicyclic) bond motifs is 1. The van der Waals surface area contributed by atoms with E-state index in [0.29, 0.717) is 24.6 Å². The lowest BCUT2D eigenvalue weighted by atomic mass is 9.65. The van der Waals surface area contributed by atoms with Crippen LogP contribution in [-0.2, 0) is 9.53 Å². The summed E-state index contributed by atoms with van der Waals surface area (Å²) in [6, 6.07) is 7.80. The molecule has 1 spiro atoms. The average Bonchev–Trinajstić information content (AvgIpc) is 2.75. The number of benzene rings is 1. The van der Waals surface area contributed by atoms with Crippen molar-refractivity contribution in [1.29, 1.82) is 0 Å². The van der Waals surface area contributed by atoms with Gasteiger partial charge in [-0.1, -0.05) is 44.4 Å². The van der Waals surface area contributed by atoms with Crippen molar-refractivity contribution in [3.05, 3.63) is 35.4 Å². The Bertz CT molecular complexity index is 748. The third-order valence-electron chi connectivity index (χ3n) is 7.40. The van der Waals surface area contributed by atoms with Crippen LogP contribution in [0.15, 0.2) is 24.3 Å². The summed E-state index contributed by atoms with van der Waals surface area (Å²) in [5.41, 5.74) is 1.22. The molecule has 1 saturated carbocycles. The Morgan fingerprint density at radius 3 is 2.52 bits per heavy atom. The zero-order valence-corrected chi connectivity index (χ0v) is 17.9. The van der Waals surface area contributed by atoms with E-state index >= 15 is 0 Å². The molecule has 5 heteroatoms. The van der Waals surface area contributed by atoms with Crippen LogP contribution in [0.25, 0.3) is 0 Å². The molecule has 1 aliphatic carbocycles. The van der Waals surface area contributed by atoms with Crippen molar-refractivity contribution in [1.82, 2.24) is 9.80 Å². The van der Waals surface area contributed by atoms with Gasteiger partial charge in [0.05, 0.1) is 18.1 Å². The molecule has 5 nitrogen and oxygen atoms in total. The summed E-state index contributed by atoms with van der Waals surface area (Å²) in [6.07, 6.45) is 7.26. The van der Waals surface area contributed by atoms with Gasteiger partial charge in [-0.25, -0.2) is 0 Å². The van der Waals surface area contributed by atoms with E-state index in [1.807, 2.05) is 29.2 Å². The molecule has 0 radical (unpaired) electrons. The molecular weight excluding hydrogens is 364 g/mol. The molecule has 0 N–H and O–H groups in total. The van der Waals surface area contributed by atoms with Gasteiger partial charge < -0.3 is 14.5 Å². The number of ether oxygens (including phenoxy) is 1. The van der Waals surface area contributed by atoms with E-state index in [-0.39, 0.29) is 17.7 Å². The molecule has 158 valence electrons. The van der Waals surface area contributed by atoms with E-state index in [4.69, 9.17) is 4.74 Å². The van der Waals surface area contributed by atoms with E-state index in [9.17, 15) is 9.59 Å². The highest BCUT2D eigenvalue weighted by atomic mass is 16.5. The highest BCUT2D eigenvalue weighted by Gasteiger charge is 2.55. The lowest BCUT2D eigenvalue weighted by Gasteiger charge is -2.54. The van der Waals surface area contributed by atoms with Crippen LogP contribution in [0.5, 0.6) is 0 Å². The fourth-order valence-corrected chi connectivity index (χ4v) is 5.74. The Hall–Kier alpha value is -1.88. The predicted octanol–water partition coefficient (Wildman–Crippen LogP) is 3.83. The second kappa shape index (κ2) is 8.47. The van der Waals surface area contributed by atoms with Crippen LogP contribution in [0, 0.1) is 5.92 Å². The first-order chi connectivity index (χ1) is 14.1. The molecule has 1 aromatic rings. The Balaban J connectivity index is 1.78. The van der Waals surface area contributed by atoms with Gasteiger partial charge in [-0.2, -0.15) is 0 Å². The molecule has 2 amide bonds. The second-order valence-corrected chi connectivity index (χ2v) is 9.14. The van der Waals surface area contributed by atoms with Crippen molar-refractivity contribution < 1.29 is 14.3 Å². The van der Waals surface area contributed by atoms with Gasteiger partial charge in [-0.3, -0.25) is 9.59 Å². The van der Waals surface area contributed by atoms with Crippen LogP contribution >= 0.6 is 0 Å². The SMILES string of the molecule is COCCN1C(=O)c2ccccc2[C@H](C(=O)N2CCC(C)CC2)C12CCCCC2. The van der Waals surface area contributed by atoms with Crippen LogP contribution in [0.4, 0.5) is 0 Å². The maximum Gasteiger partial charge on any atom is 0.254 e. The van der Waals surface area contributed by atoms with E-state index in [1.165, 1.54) is 6.42 Å². The van der Waals surface area contributed by atoms with Crippen molar-refractivity contribution in [3.8, 4) is 0 Å². The standard InChI is InChI=1S/C24H34N2O3/c1-18-10-14-25(15-11-18)23(28)21-19-8-4-5-9-20(19)22(27)26(16-17-29-2)24(21)12-6-3-7-13-24/h4-5,8-9,18,21H,3,6-7,10-17H2,1-2H3/t21-/m1/s1. The first-order valence-electron chi connectivity index (χ1n) is 11.3. The fraction of sp³-hybridized carbons (Fsp3) is 0.667. The fourth-order valence-electron chi connectivity index (χ4n) is 5.74. The lowest BCUT2D eigenvalue weighted by molar-refractivity contribution is -0.139. The van der Waals surface area contributed by atoms with Crippen LogP contribution in [0.3, 0.4) is 0 Å². The smallest absolute Gasteiger partial charge is 0.254 e. The van der Waals surface area contributed by atoms with Gasteiger partial charge in [-0.15, -0.1) is 0 Å². The molecule has 4 rings (SSSR count). The number of methoxy groups -OCH3 is 1. The van der Waals surface area contributed by atoms with Gasteiger partial charge >= 0.3 is 0 Å². The lowest BCUT2D eigenvalue weighted by Crippen LogP contribution is -2.63. The molecule has 1 atom stereocenters. The largest absolute Gasteiger partial charge is 0.383 e. The molecule has 2 aliphatic heterocycles. The zero-order chi connectivity index (χ0) is 20.4. The van der Waals surface area contributed by atoms with E-state index in [0.717, 1.165) is 57.2 Å². The highest BCUT2D eigenvalue weighted by molar-refractivity contribution is 6.02. The Morgan fingerprint density at radius 1 is 1.14 bits per heavy atom. The minimum Gasteiger partial charge on any atom is -0.383 e. The Morgan fingerprint density at radius 2 is 1.83 bits per heavy atom. The van der Waals surface area contributed by atoms with Gasteiger partial charge in [0.1, 0.15) is 0 Å². The molecule has 1 aromatic carbocycles. The zero-order valence-electron chi connectivity index (χ0n) is 17.9. The summed E-state index contributed by atoms with van der Waals surface area (Å²) < 4.78 is 5.35. The average molecular weight is 399 g/mol. The summed E-state index contributed by atoms with van der Waals surface area (Å²) in [6.45, 7) is 4.98. The number of hydrogen-bond acceptors (Lipinski definition) is 3. The maximum atomic E-state index is 14.0. The van der Waals surface area contributed by atoms with Crippen molar-refractivity contribution in [2.75, 3.05) is 33.4 Å². The molecule has 29 heavy (non-hydrogen) atoms. The van der Waals surface area contributed by atoms with Crippen molar-refractivity contribution in [2.24, 2.45) is 5.92 Å². The quantitative estimate of drug-likeness (QED) is 0.774. The van der Waals surface area contributed by atoms with E-state index in [2.05, 4.69) is 11.8 Å². The molecule has 0 unspecified atom stereocenters. The number of carbonyl (C=O) groups excluding carboxylic acids is 2. The highest BCUT2D eigenvalue weighted by Crippen LogP contribution is 2.50. The topological polar surface area (TPSA) is 49.9 Å². The van der Waals surface area contributed by atoms with Gasteiger partial charge in [0.25, 0.3) is 5.91 Å². The molecule has 1 saturated heterocycles. The first-order valence-corrected chi connectivity index (χ1v) is 11.3. The summed E-state index contributed by atoms with van der Waals surface area (Å²) in [7, 11) is 1.67. The molecular formula is C24H34N2O3. The summed E-state index contributed by atoms with van der Waals surface area (Å²) in [5, 5.41) is 0. The van der Waals surface area contributed by atoms with Crippen LogP contribution in [-0.4, -0.2) is 60.5 Å². The second-order valence-electron chi connectivity index (χ2n) is 9.14. The Labute approximate surface area is 174 Å². The van der Waals surface area contributed by atoms with Gasteiger partial charge in [0, 0.05) is 32.3 Å². The number of carbonyl (C=O) groups is 2. The number of amides is 2. The van der Waals surface area contributed by atoms with Gasteiger partial charge in [-0.05, 0) is 43.2 Å². The van der Waals surface area contributed by atoms with Crippen LogP contribution in [0.2, 0.25) is 0 Å². The summed E-state index contributed by atoms with van der Waals surface area (Å²) in [4.78, 5) is 31.6.